The van der Waals surface area contributed by atoms with Gasteiger partial charge < -0.3 is 14.6 Å². The predicted molar refractivity (Wildman–Crippen MR) is 181 cm³/mol. The van der Waals surface area contributed by atoms with E-state index in [9.17, 15) is 36.3 Å². The van der Waals surface area contributed by atoms with Gasteiger partial charge in [-0.3, -0.25) is 10.2 Å². The minimum Gasteiger partial charge on any atom is -0.494 e. The average molecular weight is 741 g/mol. The third-order valence-corrected chi connectivity index (χ3v) is 9.77. The van der Waals surface area contributed by atoms with Gasteiger partial charge in [-0.05, 0) is 65.7 Å². The van der Waals surface area contributed by atoms with Gasteiger partial charge in [0.15, 0.2) is 21.5 Å². The second-order valence-corrected chi connectivity index (χ2v) is 13.7. The highest BCUT2D eigenvalue weighted by atomic mass is 32.2. The molecule has 0 aromatic heterocycles. The number of hydrogen-bond acceptors (Lipinski definition) is 9. The van der Waals surface area contributed by atoms with Gasteiger partial charge in [0.1, 0.15) is 11.6 Å². The van der Waals surface area contributed by atoms with Crippen molar-refractivity contribution in [1.82, 2.24) is 10.9 Å². The predicted octanol–water partition coefficient (Wildman–Crippen LogP) is 6.49. The summed E-state index contributed by atoms with van der Waals surface area (Å²) in [5.74, 6) is -2.30. The maximum absolute atomic E-state index is 14.4. The van der Waals surface area contributed by atoms with Crippen LogP contribution in [0.15, 0.2) is 112 Å². The van der Waals surface area contributed by atoms with E-state index in [1.54, 1.807) is 54.6 Å². The van der Waals surface area contributed by atoms with Crippen LogP contribution in [0, 0.1) is 5.82 Å². The zero-order valence-corrected chi connectivity index (χ0v) is 28.1. The molecule has 0 saturated carbocycles. The highest BCUT2D eigenvalue weighted by molar-refractivity contribution is 7.91. The molecule has 0 bridgehead atoms. The Bertz CT molecular complexity index is 2080. The molecule has 0 aliphatic carbocycles. The third kappa shape index (κ3) is 8.87. The van der Waals surface area contributed by atoms with E-state index in [2.05, 4.69) is 20.9 Å². The van der Waals surface area contributed by atoms with Crippen molar-refractivity contribution >= 4 is 27.3 Å². The lowest BCUT2D eigenvalue weighted by molar-refractivity contribution is -0.138. The Labute approximate surface area is 295 Å². The fraction of sp³-hybridized carbons (Fsp3) is 0.257. The van der Waals surface area contributed by atoms with E-state index in [1.807, 2.05) is 0 Å². The molecule has 1 heterocycles. The van der Waals surface area contributed by atoms with Crippen LogP contribution >= 0.6 is 0 Å². The molecule has 0 fully saturated rings. The van der Waals surface area contributed by atoms with Crippen molar-refractivity contribution in [3.63, 3.8) is 0 Å². The average Bonchev–Trinajstić information content (AvgIpc) is 3.52. The summed E-state index contributed by atoms with van der Waals surface area (Å²) in [5, 5.41) is 12.8. The second kappa shape index (κ2) is 16.2. The lowest BCUT2D eigenvalue weighted by Crippen LogP contribution is -2.53. The van der Waals surface area contributed by atoms with E-state index in [0.717, 1.165) is 12.1 Å². The molecular formula is C35H32F4N6O6S. The first kappa shape index (κ1) is 37.8. The van der Waals surface area contributed by atoms with Crippen molar-refractivity contribution in [2.45, 2.75) is 42.1 Å². The number of hydrogen-bond donors (Lipinski definition) is 3. The summed E-state index contributed by atoms with van der Waals surface area (Å²) in [6.45, 7) is -0.262. The molecule has 0 spiro atoms. The number of carbonyl (C=O) groups is 1. The molecule has 272 valence electrons. The molecule has 0 saturated heterocycles. The van der Waals surface area contributed by atoms with Crippen LogP contribution in [0.3, 0.4) is 0 Å². The summed E-state index contributed by atoms with van der Waals surface area (Å²) in [4.78, 5) is 21.9. The molecule has 0 unspecified atom stereocenters. The van der Waals surface area contributed by atoms with Gasteiger partial charge in [-0.25, -0.2) is 23.2 Å². The summed E-state index contributed by atoms with van der Waals surface area (Å²) in [6.07, 6.45) is -6.28. The van der Waals surface area contributed by atoms with Crippen molar-refractivity contribution in [3.05, 3.63) is 136 Å². The largest absolute Gasteiger partial charge is 0.494 e. The molecule has 1 amide bonds. The number of aliphatic imine (C=N–C) groups is 1. The van der Waals surface area contributed by atoms with Crippen molar-refractivity contribution in [2.24, 2.45) is 10.1 Å². The van der Waals surface area contributed by atoms with Crippen LogP contribution in [0.25, 0.3) is 10.4 Å². The number of rotatable bonds is 15. The maximum atomic E-state index is 14.4. The van der Waals surface area contributed by atoms with Crippen LogP contribution in [0.4, 0.5) is 23.2 Å². The highest BCUT2D eigenvalue weighted by Crippen LogP contribution is 2.46. The molecule has 3 N–H and O–H groups in total. The molecule has 2 atom stereocenters. The van der Waals surface area contributed by atoms with Crippen LogP contribution in [-0.2, 0) is 32.1 Å². The van der Waals surface area contributed by atoms with Crippen molar-refractivity contribution in [3.8, 4) is 5.75 Å². The lowest BCUT2D eigenvalue weighted by Gasteiger charge is -2.31. The lowest BCUT2D eigenvalue weighted by atomic mass is 9.84. The fourth-order valence-corrected chi connectivity index (χ4v) is 6.87. The summed E-state index contributed by atoms with van der Waals surface area (Å²) >= 11 is 0. The SMILES string of the molecule is [N-]=[N+]=Nc1ccccc1[C@@H]1OC(c2ccc(OCCCO)cc2)=N[C@]1(CCS(=O)(=O)c1ccccc1)C(=O)NNCc1cc(F)cc(C(F)(F)F)c1. The molecule has 12 nitrogen and oxygen atoms in total. The number of aliphatic hydroxyl groups is 1. The zero-order chi connectivity index (χ0) is 37.4. The standard InChI is InChI=1S/C35H32F4N6O6S/c36-26-20-23(19-25(21-26)35(37,38)39)22-41-44-33(47)34(15-18-52(48,49)28-7-2-1-3-8-28)31(29-9-4-5-10-30(29)43-45-40)51-32(42-34)24-11-13-27(14-12-24)50-17-6-16-46/h1-5,7-14,19-21,31,41,46H,6,15-18,22H2,(H,44,47)/t31-,34-/m0/s1. The Morgan fingerprint density at radius 1 is 1.04 bits per heavy atom. The molecule has 17 heteroatoms. The number of aliphatic hydroxyl groups excluding tert-OH is 1. The number of nitrogens with zero attached hydrogens (tertiary/aromatic N) is 4. The maximum Gasteiger partial charge on any atom is 0.416 e. The van der Waals surface area contributed by atoms with Gasteiger partial charge in [-0.1, -0.05) is 47.6 Å². The first-order valence-corrected chi connectivity index (χ1v) is 17.4. The highest BCUT2D eigenvalue weighted by Gasteiger charge is 2.54. The Hall–Kier alpha value is -5.48. The summed E-state index contributed by atoms with van der Waals surface area (Å²) < 4.78 is 93.1. The quantitative estimate of drug-likeness (QED) is 0.0312. The molecule has 1 aliphatic rings. The van der Waals surface area contributed by atoms with E-state index in [-0.39, 0.29) is 40.8 Å². The second-order valence-electron chi connectivity index (χ2n) is 11.6. The van der Waals surface area contributed by atoms with Crippen LogP contribution in [0.2, 0.25) is 0 Å². The normalized spacial score (nSPS) is 17.1. The summed E-state index contributed by atoms with van der Waals surface area (Å²) in [7, 11) is -4.02. The van der Waals surface area contributed by atoms with Crippen LogP contribution in [0.1, 0.15) is 41.2 Å². The molecule has 4 aromatic carbocycles. The zero-order valence-electron chi connectivity index (χ0n) is 27.3. The first-order valence-electron chi connectivity index (χ1n) is 15.8. The number of azide groups is 1. The number of amides is 1. The molecule has 52 heavy (non-hydrogen) atoms. The van der Waals surface area contributed by atoms with Crippen LogP contribution < -0.4 is 15.6 Å². The Morgan fingerprint density at radius 3 is 2.44 bits per heavy atom. The van der Waals surface area contributed by atoms with E-state index >= 15 is 0 Å². The molecule has 5 rings (SSSR count). The van der Waals surface area contributed by atoms with Gasteiger partial charge in [0, 0.05) is 47.7 Å². The number of alkyl halides is 3. The third-order valence-electron chi connectivity index (χ3n) is 8.04. The smallest absolute Gasteiger partial charge is 0.416 e. The molecule has 1 aliphatic heterocycles. The van der Waals surface area contributed by atoms with Gasteiger partial charge in [-0.15, -0.1) is 0 Å². The van der Waals surface area contributed by atoms with Crippen LogP contribution in [-0.4, -0.2) is 49.8 Å². The van der Waals surface area contributed by atoms with E-state index in [1.165, 1.54) is 24.3 Å². The first-order chi connectivity index (χ1) is 24.9. The molecule has 4 aromatic rings. The van der Waals surface area contributed by atoms with Gasteiger partial charge in [-0.2, -0.15) is 13.2 Å². The summed E-state index contributed by atoms with van der Waals surface area (Å²) in [5.41, 5.74) is 11.4. The van der Waals surface area contributed by atoms with E-state index < -0.39 is 63.7 Å². The minimum absolute atomic E-state index is 0.0128. The fourth-order valence-electron chi connectivity index (χ4n) is 5.48. The molecule has 0 radical (unpaired) electrons. The Morgan fingerprint density at radius 2 is 1.75 bits per heavy atom. The molecular weight excluding hydrogens is 708 g/mol. The number of ether oxygens (including phenoxy) is 2. The van der Waals surface area contributed by atoms with E-state index in [4.69, 9.17) is 19.6 Å². The number of halogens is 4. The number of sulfone groups is 1. The number of hydrazine groups is 1. The number of carbonyl (C=O) groups excluding carboxylic acids is 1. The van der Waals surface area contributed by atoms with Gasteiger partial charge in [0.25, 0.3) is 5.91 Å². The van der Waals surface area contributed by atoms with Crippen LogP contribution in [0.5, 0.6) is 5.75 Å². The van der Waals surface area contributed by atoms with Crippen molar-refractivity contribution in [1.29, 1.82) is 0 Å². The van der Waals surface area contributed by atoms with E-state index in [0.29, 0.717) is 23.8 Å². The Balaban J connectivity index is 1.56. The Kier molecular flexibility index (Phi) is 11.8. The summed E-state index contributed by atoms with van der Waals surface area (Å²) in [6, 6.07) is 22.0. The number of benzene rings is 4. The van der Waals surface area contributed by atoms with Gasteiger partial charge in [0.05, 0.1) is 22.8 Å². The van der Waals surface area contributed by atoms with Gasteiger partial charge >= 0.3 is 6.18 Å². The van der Waals surface area contributed by atoms with Gasteiger partial charge in [0.2, 0.25) is 5.90 Å². The van der Waals surface area contributed by atoms with Crippen molar-refractivity contribution in [2.75, 3.05) is 19.0 Å². The monoisotopic (exact) mass is 740 g/mol. The minimum atomic E-state index is -4.82. The van der Waals surface area contributed by atoms with Crippen molar-refractivity contribution < 1.29 is 45.4 Å². The topological polar surface area (TPSA) is 175 Å². The number of nitrogens with one attached hydrogen (secondary N) is 2.